The van der Waals surface area contributed by atoms with Gasteiger partial charge in [0.25, 0.3) is 10.0 Å². The maximum atomic E-state index is 12.8. The molecule has 1 saturated heterocycles. The topological polar surface area (TPSA) is 69.7 Å². The summed E-state index contributed by atoms with van der Waals surface area (Å²) < 4.78 is 28.1. The van der Waals surface area contributed by atoms with Crippen molar-refractivity contribution in [1.29, 1.82) is 0 Å². The molecule has 0 aromatic carbocycles. The molecule has 1 unspecified atom stereocenters. The van der Waals surface area contributed by atoms with Crippen LogP contribution in [0.4, 0.5) is 0 Å². The number of halogens is 1. The van der Waals surface area contributed by atoms with Gasteiger partial charge in [-0.25, -0.2) is 8.42 Å². The van der Waals surface area contributed by atoms with E-state index in [0.29, 0.717) is 29.8 Å². The predicted octanol–water partition coefficient (Wildman–Crippen LogP) is 2.76. The molecule has 6 nitrogen and oxygen atoms in total. The van der Waals surface area contributed by atoms with Gasteiger partial charge in [-0.05, 0) is 61.3 Å². The van der Waals surface area contributed by atoms with Crippen LogP contribution in [0.3, 0.4) is 0 Å². The lowest BCUT2D eigenvalue weighted by atomic mass is 9.99. The minimum absolute atomic E-state index is 0.0444. The lowest BCUT2D eigenvalue weighted by molar-refractivity contribution is -0.126. The van der Waals surface area contributed by atoms with E-state index in [4.69, 9.17) is 0 Å². The number of nitrogens with zero attached hydrogens (tertiary/aromatic N) is 2. The molecule has 0 saturated carbocycles. The number of nitrogens with one attached hydrogen (secondary N) is 1. The Morgan fingerprint density at radius 3 is 2.77 bits per heavy atom. The zero-order chi connectivity index (χ0) is 19.3. The van der Waals surface area contributed by atoms with E-state index in [1.165, 1.54) is 15.6 Å². The largest absolute Gasteiger partial charge is 0.355 e. The number of hydrogen-bond acceptors (Lipinski definition) is 5. The van der Waals surface area contributed by atoms with Gasteiger partial charge < -0.3 is 5.32 Å². The van der Waals surface area contributed by atoms with Crippen molar-refractivity contribution >= 4 is 43.2 Å². The van der Waals surface area contributed by atoms with Crippen LogP contribution >= 0.6 is 27.3 Å². The highest BCUT2D eigenvalue weighted by atomic mass is 79.9. The van der Waals surface area contributed by atoms with Gasteiger partial charge >= 0.3 is 0 Å². The molecule has 1 aliphatic rings. The number of carbonyl (C=O) groups excluding carboxylic acids is 1. The van der Waals surface area contributed by atoms with Gasteiger partial charge in [-0.15, -0.1) is 11.3 Å². The van der Waals surface area contributed by atoms with Crippen LogP contribution in [-0.4, -0.2) is 62.3 Å². The van der Waals surface area contributed by atoms with Crippen LogP contribution in [-0.2, 0) is 14.8 Å². The first-order chi connectivity index (χ1) is 12.3. The van der Waals surface area contributed by atoms with Gasteiger partial charge in [-0.1, -0.05) is 6.92 Å². The SMILES string of the molecule is CCN(CCNC(=O)C1CCCN(S(=O)(=O)c2ccc(Br)s2)C1)C(C)C. The fourth-order valence-electron chi connectivity index (χ4n) is 3.19. The summed E-state index contributed by atoms with van der Waals surface area (Å²) in [5.74, 6) is -0.326. The number of thiophene rings is 1. The molecule has 1 atom stereocenters. The summed E-state index contributed by atoms with van der Waals surface area (Å²) in [7, 11) is -3.52. The molecule has 0 radical (unpaired) electrons. The molecule has 0 aliphatic carbocycles. The first-order valence-electron chi connectivity index (χ1n) is 9.03. The Bertz CT molecular complexity index is 706. The highest BCUT2D eigenvalue weighted by Crippen LogP contribution is 2.30. The number of hydrogen-bond donors (Lipinski definition) is 1. The minimum atomic E-state index is -3.52. The van der Waals surface area contributed by atoms with Gasteiger partial charge in [0.15, 0.2) is 0 Å². The quantitative estimate of drug-likeness (QED) is 0.640. The zero-order valence-corrected chi connectivity index (χ0v) is 18.8. The summed E-state index contributed by atoms with van der Waals surface area (Å²) >= 11 is 4.51. The molecule has 9 heteroatoms. The first kappa shape index (κ1) is 21.8. The third-order valence-corrected chi connectivity index (χ3v) is 8.69. The molecule has 26 heavy (non-hydrogen) atoms. The Balaban J connectivity index is 1.92. The highest BCUT2D eigenvalue weighted by molar-refractivity contribution is 9.11. The normalized spacial score (nSPS) is 19.2. The van der Waals surface area contributed by atoms with Crippen LogP contribution in [0.2, 0.25) is 0 Å². The molecule has 1 aliphatic heterocycles. The van der Waals surface area contributed by atoms with Crippen molar-refractivity contribution in [3.05, 3.63) is 15.9 Å². The van der Waals surface area contributed by atoms with Gasteiger partial charge in [0, 0.05) is 32.2 Å². The van der Waals surface area contributed by atoms with Crippen LogP contribution in [0.5, 0.6) is 0 Å². The fourth-order valence-corrected chi connectivity index (χ4v) is 6.87. The van der Waals surface area contributed by atoms with Crippen molar-refractivity contribution in [2.45, 2.75) is 43.9 Å². The van der Waals surface area contributed by atoms with Crippen molar-refractivity contribution < 1.29 is 13.2 Å². The Labute approximate surface area is 169 Å². The first-order valence-corrected chi connectivity index (χ1v) is 12.1. The van der Waals surface area contributed by atoms with Crippen molar-refractivity contribution in [3.63, 3.8) is 0 Å². The maximum absolute atomic E-state index is 12.8. The number of amides is 1. The van der Waals surface area contributed by atoms with E-state index in [1.54, 1.807) is 12.1 Å². The smallest absolute Gasteiger partial charge is 0.252 e. The van der Waals surface area contributed by atoms with Gasteiger partial charge in [0.05, 0.1) is 9.70 Å². The summed E-state index contributed by atoms with van der Waals surface area (Å²) in [6.45, 7) is 9.44. The third kappa shape index (κ3) is 5.51. The number of likely N-dealkylation sites (N-methyl/N-ethyl adjacent to an activating group) is 1. The van der Waals surface area contributed by atoms with E-state index >= 15 is 0 Å². The van der Waals surface area contributed by atoms with Crippen LogP contribution in [0.25, 0.3) is 0 Å². The molecule has 0 spiro atoms. The second kappa shape index (κ2) is 9.64. The second-order valence-electron chi connectivity index (χ2n) is 6.77. The molecule has 2 rings (SSSR count). The summed E-state index contributed by atoms with van der Waals surface area (Å²) in [6.07, 6.45) is 1.44. The Morgan fingerprint density at radius 1 is 1.46 bits per heavy atom. The standard InChI is InChI=1S/C17H28BrN3O3S2/c1-4-20(13(2)3)11-9-19-17(22)14-6-5-10-21(12-14)26(23,24)16-8-7-15(18)25-16/h7-8,13-14H,4-6,9-12H2,1-3H3,(H,19,22). The summed E-state index contributed by atoms with van der Waals surface area (Å²) in [5, 5.41) is 2.98. The Hall–Kier alpha value is -0.480. The van der Waals surface area contributed by atoms with Gasteiger partial charge in [-0.3, -0.25) is 9.69 Å². The molecule has 1 aromatic heterocycles. The van der Waals surface area contributed by atoms with Crippen molar-refractivity contribution in [2.24, 2.45) is 5.92 Å². The fraction of sp³-hybridized carbons (Fsp3) is 0.706. The molecule has 0 bridgehead atoms. The van der Waals surface area contributed by atoms with E-state index < -0.39 is 10.0 Å². The lowest BCUT2D eigenvalue weighted by Gasteiger charge is -2.31. The van der Waals surface area contributed by atoms with E-state index in [-0.39, 0.29) is 18.4 Å². The lowest BCUT2D eigenvalue weighted by Crippen LogP contribution is -2.46. The summed E-state index contributed by atoms with van der Waals surface area (Å²) in [6, 6.07) is 3.79. The van der Waals surface area contributed by atoms with Gasteiger partial charge in [-0.2, -0.15) is 4.31 Å². The van der Waals surface area contributed by atoms with Crippen LogP contribution in [0.1, 0.15) is 33.6 Å². The van der Waals surface area contributed by atoms with Crippen LogP contribution in [0.15, 0.2) is 20.1 Å². The van der Waals surface area contributed by atoms with Gasteiger partial charge in [0.1, 0.15) is 4.21 Å². The minimum Gasteiger partial charge on any atom is -0.355 e. The number of piperidine rings is 1. The number of rotatable bonds is 8. The van der Waals surface area contributed by atoms with Crippen molar-refractivity contribution in [2.75, 3.05) is 32.7 Å². The van der Waals surface area contributed by atoms with E-state index in [2.05, 4.69) is 46.9 Å². The molecule has 1 fully saturated rings. The van der Waals surface area contributed by atoms with Crippen molar-refractivity contribution in [3.8, 4) is 0 Å². The Kier molecular flexibility index (Phi) is 8.08. The Morgan fingerprint density at radius 2 is 2.19 bits per heavy atom. The van der Waals surface area contributed by atoms with Crippen LogP contribution < -0.4 is 5.32 Å². The van der Waals surface area contributed by atoms with Crippen LogP contribution in [0, 0.1) is 5.92 Å². The average Bonchev–Trinajstić information content (AvgIpc) is 3.05. The van der Waals surface area contributed by atoms with E-state index in [0.717, 1.165) is 23.3 Å². The molecule has 1 N–H and O–H groups in total. The molecular formula is C17H28BrN3O3S2. The number of carbonyl (C=O) groups is 1. The monoisotopic (exact) mass is 465 g/mol. The predicted molar refractivity (Wildman–Crippen MR) is 109 cm³/mol. The summed E-state index contributed by atoms with van der Waals surface area (Å²) in [5.41, 5.74) is 0. The van der Waals surface area contributed by atoms with E-state index in [9.17, 15) is 13.2 Å². The molecular weight excluding hydrogens is 438 g/mol. The van der Waals surface area contributed by atoms with Crippen molar-refractivity contribution in [1.82, 2.24) is 14.5 Å². The molecule has 2 heterocycles. The average molecular weight is 466 g/mol. The molecule has 148 valence electrons. The highest BCUT2D eigenvalue weighted by Gasteiger charge is 2.34. The molecule has 1 amide bonds. The zero-order valence-electron chi connectivity index (χ0n) is 15.6. The maximum Gasteiger partial charge on any atom is 0.252 e. The number of sulfonamides is 1. The van der Waals surface area contributed by atoms with E-state index in [1.807, 2.05) is 0 Å². The summed E-state index contributed by atoms with van der Waals surface area (Å²) in [4.78, 5) is 14.8. The van der Waals surface area contributed by atoms with Gasteiger partial charge in [0.2, 0.25) is 5.91 Å². The second-order valence-corrected chi connectivity index (χ2v) is 11.4. The molecule has 1 aromatic rings. The third-order valence-electron chi connectivity index (χ3n) is 4.73.